The average Bonchev–Trinajstić information content (AvgIpc) is 3.51. The van der Waals surface area contributed by atoms with E-state index in [2.05, 4.69) is 51.9 Å². The number of para-hydroxylation sites is 1. The molecule has 0 aliphatic carbocycles. The molecule has 180 valence electrons. The molecule has 0 spiro atoms. The molecule has 0 bridgehead atoms. The highest BCUT2D eigenvalue weighted by molar-refractivity contribution is 7.18. The highest BCUT2D eigenvalue weighted by Crippen LogP contribution is 2.39. The van der Waals surface area contributed by atoms with Gasteiger partial charge < -0.3 is 20.7 Å². The first-order valence-electron chi connectivity index (χ1n) is 12.3. The number of anilines is 1. The minimum atomic E-state index is 0.567. The maximum atomic E-state index is 6.34. The van der Waals surface area contributed by atoms with Crippen molar-refractivity contribution < 1.29 is 4.74 Å². The summed E-state index contributed by atoms with van der Waals surface area (Å²) < 4.78 is 7.10. The van der Waals surface area contributed by atoms with Gasteiger partial charge >= 0.3 is 0 Å². The largest absolute Gasteiger partial charge is 0.457 e. The fraction of sp³-hybridized carbons (Fsp3) is 0.276. The first-order chi connectivity index (χ1) is 17.2. The van der Waals surface area contributed by atoms with E-state index < -0.39 is 0 Å². The van der Waals surface area contributed by atoms with Gasteiger partial charge in [0.25, 0.3) is 0 Å². The van der Waals surface area contributed by atoms with E-state index in [-0.39, 0.29) is 0 Å². The zero-order valence-corrected chi connectivity index (χ0v) is 20.9. The number of hydrogen-bond acceptors (Lipinski definition) is 6. The number of nitrogens with two attached hydrogens (primary N) is 1. The van der Waals surface area contributed by atoms with Gasteiger partial charge in [-0.25, -0.2) is 4.98 Å². The maximum absolute atomic E-state index is 6.34. The minimum absolute atomic E-state index is 0.567. The molecule has 6 heteroatoms. The summed E-state index contributed by atoms with van der Waals surface area (Å²) in [5.74, 6) is 2.20. The number of rotatable bonds is 9. The van der Waals surface area contributed by atoms with Gasteiger partial charge in [-0.2, -0.15) is 0 Å². The van der Waals surface area contributed by atoms with E-state index >= 15 is 0 Å². The molecular formula is C29H32N4OS. The number of pyridine rings is 1. The van der Waals surface area contributed by atoms with Gasteiger partial charge in [0, 0.05) is 40.0 Å². The molecule has 1 saturated heterocycles. The Bertz CT molecular complexity index is 1280. The Hall–Kier alpha value is -3.19. The predicted molar refractivity (Wildman–Crippen MR) is 148 cm³/mol. The average molecular weight is 485 g/mol. The topological polar surface area (TPSA) is 63.4 Å². The van der Waals surface area contributed by atoms with Gasteiger partial charge in [0.05, 0.1) is 0 Å². The fourth-order valence-corrected chi connectivity index (χ4v) is 5.81. The van der Waals surface area contributed by atoms with Crippen molar-refractivity contribution in [2.75, 3.05) is 32.4 Å². The summed E-state index contributed by atoms with van der Waals surface area (Å²) in [5, 5.41) is 6.74. The quantitative estimate of drug-likeness (QED) is 0.268. The van der Waals surface area contributed by atoms with Crippen molar-refractivity contribution in [2.45, 2.75) is 25.3 Å². The van der Waals surface area contributed by atoms with Crippen LogP contribution < -0.4 is 15.8 Å². The van der Waals surface area contributed by atoms with Crippen molar-refractivity contribution in [3.63, 3.8) is 0 Å². The van der Waals surface area contributed by atoms with E-state index in [4.69, 9.17) is 10.5 Å². The molecule has 5 rings (SSSR count). The number of nitrogens with one attached hydrogen (secondary N) is 1. The van der Waals surface area contributed by atoms with Gasteiger partial charge in [0.2, 0.25) is 0 Å². The Morgan fingerprint density at radius 2 is 1.94 bits per heavy atom. The van der Waals surface area contributed by atoms with E-state index in [9.17, 15) is 0 Å². The number of likely N-dealkylation sites (tertiary alicyclic amines) is 1. The molecule has 0 saturated carbocycles. The molecule has 5 nitrogen and oxygen atoms in total. The minimum Gasteiger partial charge on any atom is -0.457 e. The second kappa shape index (κ2) is 11.0. The van der Waals surface area contributed by atoms with Gasteiger partial charge in [-0.1, -0.05) is 42.5 Å². The summed E-state index contributed by atoms with van der Waals surface area (Å²) in [6.07, 6.45) is 10.1. The second-order valence-electron chi connectivity index (χ2n) is 9.06. The van der Waals surface area contributed by atoms with E-state index in [0.29, 0.717) is 5.82 Å². The molecule has 1 aliphatic heterocycles. The number of benzene rings is 2. The summed E-state index contributed by atoms with van der Waals surface area (Å²) in [6, 6.07) is 18.7. The lowest BCUT2D eigenvalue weighted by molar-refractivity contribution is 0.294. The third-order valence-electron chi connectivity index (χ3n) is 6.68. The number of ether oxygens (including phenoxy) is 1. The maximum Gasteiger partial charge on any atom is 0.132 e. The normalized spacial score (nSPS) is 16.4. The number of hydrogen-bond donors (Lipinski definition) is 2. The number of thiophene rings is 1. The van der Waals surface area contributed by atoms with Crippen molar-refractivity contribution in [2.24, 2.45) is 0 Å². The Labute approximate surface area is 211 Å². The zero-order valence-electron chi connectivity index (χ0n) is 20.1. The summed E-state index contributed by atoms with van der Waals surface area (Å²) in [4.78, 5) is 6.98. The van der Waals surface area contributed by atoms with Gasteiger partial charge in [-0.3, -0.25) is 0 Å². The lowest BCUT2D eigenvalue weighted by atomic mass is 10.0. The van der Waals surface area contributed by atoms with Gasteiger partial charge in [-0.15, -0.1) is 11.3 Å². The number of fused-ring (bicyclic) bond motifs is 1. The van der Waals surface area contributed by atoms with Crippen LogP contribution in [0.5, 0.6) is 11.5 Å². The van der Waals surface area contributed by atoms with Crippen LogP contribution in [-0.4, -0.2) is 42.6 Å². The van der Waals surface area contributed by atoms with Gasteiger partial charge in [0.15, 0.2) is 0 Å². The van der Waals surface area contributed by atoms with Crippen LogP contribution in [0.25, 0.3) is 27.3 Å². The standard InChI is InChI=1S/C29H32N4OS/c1-33-18-6-8-23(33)15-17-31-16-5-7-22-19-32-29(30)27-26(20-35-28(22)27)21-11-13-25(14-12-21)34-24-9-3-2-4-10-24/h2-5,7,9-14,19-20,23,31H,6,8,15-18H2,1H3,(H2,30,32)/t23-/m1/s1. The van der Waals surface area contributed by atoms with Crippen LogP contribution in [0.3, 0.4) is 0 Å². The van der Waals surface area contributed by atoms with E-state index in [1.54, 1.807) is 11.3 Å². The summed E-state index contributed by atoms with van der Waals surface area (Å²) in [6.45, 7) is 3.13. The van der Waals surface area contributed by atoms with Crippen LogP contribution in [0, 0.1) is 0 Å². The van der Waals surface area contributed by atoms with Gasteiger partial charge in [0.1, 0.15) is 17.3 Å². The molecular weight excluding hydrogens is 452 g/mol. The Morgan fingerprint density at radius 3 is 2.71 bits per heavy atom. The molecule has 2 aromatic heterocycles. The van der Waals surface area contributed by atoms with Crippen molar-refractivity contribution >= 4 is 33.3 Å². The number of aromatic nitrogens is 1. The molecule has 3 heterocycles. The molecule has 1 atom stereocenters. The van der Waals surface area contributed by atoms with Crippen molar-refractivity contribution in [3.05, 3.63) is 77.8 Å². The van der Waals surface area contributed by atoms with Crippen LogP contribution >= 0.6 is 11.3 Å². The lowest BCUT2D eigenvalue weighted by Crippen LogP contribution is -2.29. The van der Waals surface area contributed by atoms with Crippen LogP contribution in [0.2, 0.25) is 0 Å². The SMILES string of the molecule is CN1CCC[C@@H]1CCNCC=Cc1cnc(N)c2c(-c3ccc(Oc4ccccc4)cc3)csc12. The Kier molecular flexibility index (Phi) is 7.42. The predicted octanol–water partition coefficient (Wildman–Crippen LogP) is 6.42. The first kappa shape index (κ1) is 23.5. The smallest absolute Gasteiger partial charge is 0.132 e. The van der Waals surface area contributed by atoms with Crippen molar-refractivity contribution in [1.29, 1.82) is 0 Å². The van der Waals surface area contributed by atoms with Crippen LogP contribution in [0.1, 0.15) is 24.8 Å². The highest BCUT2D eigenvalue weighted by Gasteiger charge is 2.19. The number of nitrogens with zero attached hydrogens (tertiary/aromatic N) is 2. The molecule has 4 aromatic rings. The molecule has 0 radical (unpaired) electrons. The van der Waals surface area contributed by atoms with Crippen LogP contribution in [0.4, 0.5) is 5.82 Å². The lowest BCUT2D eigenvalue weighted by Gasteiger charge is -2.18. The molecule has 1 fully saturated rings. The molecule has 35 heavy (non-hydrogen) atoms. The van der Waals surface area contributed by atoms with Crippen LogP contribution in [0.15, 0.2) is 72.3 Å². The third kappa shape index (κ3) is 5.56. The van der Waals surface area contributed by atoms with Gasteiger partial charge in [-0.05, 0) is 74.6 Å². The molecule has 2 aromatic carbocycles. The number of nitrogen functional groups attached to an aromatic ring is 1. The zero-order chi connectivity index (χ0) is 24.0. The molecule has 3 N–H and O–H groups in total. The first-order valence-corrected chi connectivity index (χ1v) is 13.1. The third-order valence-corrected chi connectivity index (χ3v) is 7.71. The van der Waals surface area contributed by atoms with E-state index in [1.807, 2.05) is 48.7 Å². The Balaban J connectivity index is 1.26. The second-order valence-corrected chi connectivity index (χ2v) is 9.94. The van der Waals surface area contributed by atoms with Crippen molar-refractivity contribution in [1.82, 2.24) is 15.2 Å². The monoisotopic (exact) mass is 484 g/mol. The summed E-state index contributed by atoms with van der Waals surface area (Å²) >= 11 is 1.71. The molecule has 0 unspecified atom stereocenters. The Morgan fingerprint density at radius 1 is 1.14 bits per heavy atom. The molecule has 0 amide bonds. The molecule has 1 aliphatic rings. The van der Waals surface area contributed by atoms with E-state index in [1.165, 1.54) is 30.5 Å². The summed E-state index contributed by atoms with van der Waals surface area (Å²) in [7, 11) is 2.24. The van der Waals surface area contributed by atoms with Crippen LogP contribution in [-0.2, 0) is 0 Å². The van der Waals surface area contributed by atoms with E-state index in [0.717, 1.165) is 52.7 Å². The summed E-state index contributed by atoms with van der Waals surface area (Å²) in [5.41, 5.74) is 9.65. The highest BCUT2D eigenvalue weighted by atomic mass is 32.1. The van der Waals surface area contributed by atoms with Crippen molar-refractivity contribution in [3.8, 4) is 22.6 Å². The fourth-order valence-electron chi connectivity index (χ4n) is 4.73.